The monoisotopic (exact) mass is 351 g/mol. The molecule has 1 atom stereocenters. The minimum atomic E-state index is -0.882. The van der Waals surface area contributed by atoms with Crippen molar-refractivity contribution in [3.63, 3.8) is 0 Å². The Morgan fingerprint density at radius 2 is 2.25 bits per heavy atom. The van der Waals surface area contributed by atoms with Crippen molar-refractivity contribution in [3.8, 4) is 0 Å². The van der Waals surface area contributed by atoms with Crippen LogP contribution in [0, 0.1) is 11.7 Å². The summed E-state index contributed by atoms with van der Waals surface area (Å²) in [6.45, 7) is 0.848. The number of nitrogens with zero attached hydrogens (tertiary/aromatic N) is 1. The predicted octanol–water partition coefficient (Wildman–Crippen LogP) is 3.12. The van der Waals surface area contributed by atoms with Crippen LogP contribution in [0.1, 0.15) is 28.1 Å². The molecule has 0 unspecified atom stereocenters. The quantitative estimate of drug-likeness (QED) is 0.919. The fraction of sp³-hybridized carbons (Fsp3) is 0.412. The zero-order valence-corrected chi connectivity index (χ0v) is 14.1. The van der Waals surface area contributed by atoms with Crippen LogP contribution in [-0.2, 0) is 16.1 Å². The molecule has 2 aromatic rings. The number of carboxylic acids is 1. The minimum absolute atomic E-state index is 0.137. The number of carboxylic acid groups (broad SMARTS) is 1. The van der Waals surface area contributed by atoms with Crippen LogP contribution in [0.2, 0.25) is 0 Å². The molecule has 128 valence electrons. The first-order chi connectivity index (χ1) is 11.5. The Morgan fingerprint density at radius 1 is 1.46 bits per heavy atom. The number of halogens is 1. The summed E-state index contributed by atoms with van der Waals surface area (Å²) in [5, 5.41) is 9.61. The van der Waals surface area contributed by atoms with Crippen LogP contribution in [0.5, 0.6) is 0 Å². The van der Waals surface area contributed by atoms with Crippen molar-refractivity contribution in [1.82, 2.24) is 4.90 Å². The number of aliphatic carboxylic acids is 1. The largest absolute Gasteiger partial charge is 0.481 e. The van der Waals surface area contributed by atoms with E-state index < -0.39 is 11.9 Å². The van der Waals surface area contributed by atoms with E-state index in [4.69, 9.17) is 4.74 Å². The number of benzene rings is 1. The lowest BCUT2D eigenvalue weighted by Gasteiger charge is -2.30. The maximum Gasteiger partial charge on any atom is 0.308 e. The number of hydrogen-bond acceptors (Lipinski definition) is 4. The molecule has 0 aliphatic carbocycles. The summed E-state index contributed by atoms with van der Waals surface area (Å²) < 4.78 is 20.1. The number of ether oxygens (including phenoxy) is 1. The number of carbonyl (C=O) groups is 2. The van der Waals surface area contributed by atoms with Gasteiger partial charge in [0.1, 0.15) is 5.82 Å². The Morgan fingerprint density at radius 3 is 2.96 bits per heavy atom. The van der Waals surface area contributed by atoms with Gasteiger partial charge in [0.15, 0.2) is 0 Å². The number of fused-ring (bicyclic) bond motifs is 1. The van der Waals surface area contributed by atoms with Crippen LogP contribution >= 0.6 is 11.3 Å². The van der Waals surface area contributed by atoms with Gasteiger partial charge in [-0.2, -0.15) is 0 Å². The van der Waals surface area contributed by atoms with Crippen LogP contribution < -0.4 is 0 Å². The predicted molar refractivity (Wildman–Crippen MR) is 88.8 cm³/mol. The topological polar surface area (TPSA) is 66.8 Å². The van der Waals surface area contributed by atoms with Gasteiger partial charge in [-0.05, 0) is 25.0 Å². The van der Waals surface area contributed by atoms with Crippen molar-refractivity contribution in [2.45, 2.75) is 19.4 Å². The van der Waals surface area contributed by atoms with E-state index in [-0.39, 0.29) is 24.9 Å². The third-order valence-electron chi connectivity index (χ3n) is 4.30. The molecule has 24 heavy (non-hydrogen) atoms. The van der Waals surface area contributed by atoms with Crippen molar-refractivity contribution >= 4 is 33.3 Å². The lowest BCUT2D eigenvalue weighted by molar-refractivity contribution is -0.143. The molecule has 3 rings (SSSR count). The van der Waals surface area contributed by atoms with Crippen LogP contribution in [0.3, 0.4) is 0 Å². The fourth-order valence-corrected chi connectivity index (χ4v) is 4.32. The fourth-order valence-electron chi connectivity index (χ4n) is 3.13. The maximum absolute atomic E-state index is 14.2. The average Bonchev–Trinajstić information content (AvgIpc) is 2.94. The van der Waals surface area contributed by atoms with Gasteiger partial charge >= 0.3 is 5.97 Å². The molecule has 1 fully saturated rings. The molecule has 1 aromatic carbocycles. The summed E-state index contributed by atoms with van der Waals surface area (Å²) in [7, 11) is 1.50. The molecule has 1 aromatic heterocycles. The van der Waals surface area contributed by atoms with Crippen molar-refractivity contribution in [3.05, 3.63) is 34.5 Å². The highest BCUT2D eigenvalue weighted by Gasteiger charge is 2.31. The van der Waals surface area contributed by atoms with Crippen LogP contribution in [0.25, 0.3) is 10.1 Å². The number of likely N-dealkylation sites (tertiary alicyclic amines) is 1. The molecule has 1 aliphatic rings. The van der Waals surface area contributed by atoms with E-state index in [9.17, 15) is 19.1 Å². The number of amides is 1. The molecule has 0 spiro atoms. The summed E-state index contributed by atoms with van der Waals surface area (Å²) in [6.07, 6.45) is 1.23. The zero-order valence-electron chi connectivity index (χ0n) is 13.3. The van der Waals surface area contributed by atoms with Crippen LogP contribution in [-0.4, -0.2) is 42.1 Å². The standard InChI is InChI=1S/C17H18FNO4S/c1-23-9-11-14-12(18)5-2-6-13(14)24-15(11)16(20)19-7-3-4-10(8-19)17(21)22/h2,5-6,10H,3-4,7-9H2,1H3,(H,21,22)/t10-/m0/s1. The van der Waals surface area contributed by atoms with Crippen molar-refractivity contribution in [2.75, 3.05) is 20.2 Å². The number of hydrogen-bond donors (Lipinski definition) is 1. The van der Waals surface area contributed by atoms with Gasteiger partial charge in [0.25, 0.3) is 5.91 Å². The lowest BCUT2D eigenvalue weighted by atomic mass is 9.98. The van der Waals surface area contributed by atoms with Crippen molar-refractivity contribution < 1.29 is 23.8 Å². The molecular weight excluding hydrogens is 333 g/mol. The molecule has 2 heterocycles. The highest BCUT2D eigenvalue weighted by Crippen LogP contribution is 2.35. The molecule has 0 bridgehead atoms. The highest BCUT2D eigenvalue weighted by atomic mass is 32.1. The SMILES string of the molecule is COCc1c(C(=O)N2CCC[C@H](C(=O)O)C2)sc2cccc(F)c12. The van der Waals surface area contributed by atoms with E-state index in [2.05, 4.69) is 0 Å². The molecule has 5 nitrogen and oxygen atoms in total. The first kappa shape index (κ1) is 16.9. The molecular formula is C17H18FNO4S. The van der Waals surface area contributed by atoms with E-state index >= 15 is 0 Å². The summed E-state index contributed by atoms with van der Waals surface area (Å²) in [5.41, 5.74) is 0.540. The molecule has 0 radical (unpaired) electrons. The molecule has 1 aliphatic heterocycles. The van der Waals surface area contributed by atoms with Gasteiger partial charge in [-0.3, -0.25) is 9.59 Å². The van der Waals surface area contributed by atoms with Gasteiger partial charge in [0, 0.05) is 35.8 Å². The molecule has 1 saturated heterocycles. The second-order valence-electron chi connectivity index (χ2n) is 5.88. The van der Waals surface area contributed by atoms with Crippen LogP contribution in [0.4, 0.5) is 4.39 Å². The molecule has 7 heteroatoms. The van der Waals surface area contributed by atoms with Gasteiger partial charge in [0.05, 0.1) is 17.4 Å². The number of rotatable bonds is 4. The Labute approximate surface area is 142 Å². The number of thiophene rings is 1. The number of piperidine rings is 1. The van der Waals surface area contributed by atoms with Gasteiger partial charge < -0.3 is 14.7 Å². The van der Waals surface area contributed by atoms with E-state index in [0.717, 1.165) is 0 Å². The Balaban J connectivity index is 1.99. The normalized spacial score (nSPS) is 18.1. The zero-order chi connectivity index (χ0) is 17.3. The summed E-state index contributed by atoms with van der Waals surface area (Å²) in [6, 6.07) is 4.75. The van der Waals surface area contributed by atoms with E-state index in [1.165, 1.54) is 24.5 Å². The Hall–Kier alpha value is -1.99. The summed E-state index contributed by atoms with van der Waals surface area (Å²) in [5.74, 6) is -2.04. The number of methoxy groups -OCH3 is 1. The Bertz CT molecular complexity index is 788. The van der Waals surface area contributed by atoms with Crippen LogP contribution in [0.15, 0.2) is 18.2 Å². The number of carbonyl (C=O) groups excluding carboxylic acids is 1. The van der Waals surface area contributed by atoms with Gasteiger partial charge in [-0.1, -0.05) is 6.07 Å². The Kier molecular flexibility index (Phi) is 4.82. The van der Waals surface area contributed by atoms with E-state index in [1.54, 1.807) is 17.0 Å². The third-order valence-corrected chi connectivity index (χ3v) is 5.49. The second-order valence-corrected chi connectivity index (χ2v) is 6.94. The lowest BCUT2D eigenvalue weighted by Crippen LogP contribution is -2.42. The summed E-state index contributed by atoms with van der Waals surface area (Å²) in [4.78, 5) is 26.1. The maximum atomic E-state index is 14.2. The van der Waals surface area contributed by atoms with E-state index in [1.807, 2.05) is 0 Å². The smallest absolute Gasteiger partial charge is 0.308 e. The highest BCUT2D eigenvalue weighted by molar-refractivity contribution is 7.21. The first-order valence-electron chi connectivity index (χ1n) is 7.73. The van der Waals surface area contributed by atoms with Gasteiger partial charge in [-0.25, -0.2) is 4.39 Å². The van der Waals surface area contributed by atoms with Crippen molar-refractivity contribution in [2.24, 2.45) is 5.92 Å². The molecule has 1 N–H and O–H groups in total. The first-order valence-corrected chi connectivity index (χ1v) is 8.55. The molecule has 1 amide bonds. The minimum Gasteiger partial charge on any atom is -0.481 e. The van der Waals surface area contributed by atoms with E-state index in [0.29, 0.717) is 39.9 Å². The third kappa shape index (κ3) is 3.01. The average molecular weight is 351 g/mol. The second kappa shape index (κ2) is 6.86. The van der Waals surface area contributed by atoms with Gasteiger partial charge in [0.2, 0.25) is 0 Å². The van der Waals surface area contributed by atoms with Crippen molar-refractivity contribution in [1.29, 1.82) is 0 Å². The van der Waals surface area contributed by atoms with Gasteiger partial charge in [-0.15, -0.1) is 11.3 Å². The summed E-state index contributed by atoms with van der Waals surface area (Å²) >= 11 is 1.23. The molecule has 0 saturated carbocycles.